The number of hydrogen-bond donors (Lipinski definition) is 1. The van der Waals surface area contributed by atoms with E-state index in [0.717, 1.165) is 11.8 Å². The van der Waals surface area contributed by atoms with Crippen LogP contribution in [0.3, 0.4) is 0 Å². The third-order valence-corrected chi connectivity index (χ3v) is 4.17. The molecule has 1 saturated heterocycles. The Hall–Kier alpha value is -0.0400. The van der Waals surface area contributed by atoms with Gasteiger partial charge in [0, 0.05) is 6.54 Å². The van der Waals surface area contributed by atoms with E-state index in [1.54, 1.807) is 0 Å². The maximum atomic E-state index is 3.56. The normalized spacial score (nSPS) is 35.1. The van der Waals surface area contributed by atoms with Crippen molar-refractivity contribution in [2.45, 2.75) is 46.0 Å². The van der Waals surface area contributed by atoms with Gasteiger partial charge in [0.2, 0.25) is 0 Å². The van der Waals surface area contributed by atoms with Crippen molar-refractivity contribution in [3.05, 3.63) is 0 Å². The Labute approximate surface area is 82.3 Å². The molecule has 1 atom stereocenters. The number of nitrogens with one attached hydrogen (secondary N) is 1. The highest BCUT2D eigenvalue weighted by molar-refractivity contribution is 4.92. The van der Waals surface area contributed by atoms with Crippen LogP contribution in [-0.2, 0) is 0 Å². The summed E-state index contributed by atoms with van der Waals surface area (Å²) in [5.74, 6) is 1.98. The van der Waals surface area contributed by atoms with Crippen LogP contribution in [0, 0.1) is 17.3 Å². The minimum atomic E-state index is 0.558. The van der Waals surface area contributed by atoms with Crippen LogP contribution in [0.1, 0.15) is 46.0 Å². The summed E-state index contributed by atoms with van der Waals surface area (Å²) < 4.78 is 0. The molecule has 1 aliphatic heterocycles. The van der Waals surface area contributed by atoms with Gasteiger partial charge in [-0.2, -0.15) is 0 Å². The first kappa shape index (κ1) is 9.51. The van der Waals surface area contributed by atoms with E-state index in [1.165, 1.54) is 45.2 Å². The Bertz CT molecular complexity index is 168. The molecule has 2 fully saturated rings. The highest BCUT2D eigenvalue weighted by Gasteiger charge is 2.39. The van der Waals surface area contributed by atoms with Crippen molar-refractivity contribution in [2.75, 3.05) is 13.1 Å². The predicted molar refractivity (Wildman–Crippen MR) is 56.7 cm³/mol. The lowest BCUT2D eigenvalue weighted by molar-refractivity contribution is 0.159. The van der Waals surface area contributed by atoms with Gasteiger partial charge in [0.1, 0.15) is 0 Å². The molecule has 0 aromatic heterocycles. The Morgan fingerprint density at radius 3 is 2.31 bits per heavy atom. The molecule has 0 aromatic rings. The van der Waals surface area contributed by atoms with E-state index in [9.17, 15) is 0 Å². The first-order valence-electron chi connectivity index (χ1n) is 5.91. The summed E-state index contributed by atoms with van der Waals surface area (Å²) in [4.78, 5) is 0. The van der Waals surface area contributed by atoms with Crippen LogP contribution in [0.15, 0.2) is 0 Å². The molecule has 1 nitrogen and oxygen atoms in total. The third-order valence-electron chi connectivity index (χ3n) is 4.17. The molecule has 1 heteroatoms. The molecule has 1 N–H and O–H groups in total. The van der Waals surface area contributed by atoms with Gasteiger partial charge in [-0.3, -0.25) is 0 Å². The van der Waals surface area contributed by atoms with Crippen molar-refractivity contribution in [1.82, 2.24) is 5.32 Å². The highest BCUT2D eigenvalue weighted by Crippen LogP contribution is 2.41. The predicted octanol–water partition coefficient (Wildman–Crippen LogP) is 2.81. The highest BCUT2D eigenvalue weighted by atomic mass is 14.9. The van der Waals surface area contributed by atoms with Crippen LogP contribution >= 0.6 is 0 Å². The zero-order valence-corrected chi connectivity index (χ0v) is 9.10. The van der Waals surface area contributed by atoms with Crippen LogP contribution in [0.5, 0.6) is 0 Å². The van der Waals surface area contributed by atoms with E-state index in [-0.39, 0.29) is 0 Å². The fraction of sp³-hybridized carbons (Fsp3) is 1.00. The molecular formula is C12H23N. The second-order valence-electron chi connectivity index (χ2n) is 5.62. The zero-order valence-electron chi connectivity index (χ0n) is 9.10. The molecule has 0 aromatic carbocycles. The average molecular weight is 181 g/mol. The fourth-order valence-electron chi connectivity index (χ4n) is 3.30. The minimum Gasteiger partial charge on any atom is -0.316 e. The largest absolute Gasteiger partial charge is 0.316 e. The van der Waals surface area contributed by atoms with Crippen LogP contribution in [0.2, 0.25) is 0 Å². The third kappa shape index (κ3) is 1.90. The van der Waals surface area contributed by atoms with Gasteiger partial charge in [0.05, 0.1) is 0 Å². The van der Waals surface area contributed by atoms with Crippen LogP contribution < -0.4 is 5.32 Å². The van der Waals surface area contributed by atoms with Crippen molar-refractivity contribution in [2.24, 2.45) is 17.3 Å². The fourth-order valence-corrected chi connectivity index (χ4v) is 3.30. The molecular weight excluding hydrogens is 158 g/mol. The SMILES string of the molecule is CC1(C)CNC[C@H]1C1CCCCC1. The first-order chi connectivity index (χ1) is 6.20. The van der Waals surface area contributed by atoms with E-state index in [2.05, 4.69) is 19.2 Å². The average Bonchev–Trinajstić information content (AvgIpc) is 2.47. The maximum absolute atomic E-state index is 3.56. The Morgan fingerprint density at radius 2 is 1.77 bits per heavy atom. The first-order valence-corrected chi connectivity index (χ1v) is 5.91. The van der Waals surface area contributed by atoms with Crippen molar-refractivity contribution >= 4 is 0 Å². The van der Waals surface area contributed by atoms with Gasteiger partial charge in [-0.25, -0.2) is 0 Å². The van der Waals surface area contributed by atoms with Crippen molar-refractivity contribution in [1.29, 1.82) is 0 Å². The molecule has 0 spiro atoms. The summed E-state index contributed by atoms with van der Waals surface area (Å²) >= 11 is 0. The number of rotatable bonds is 1. The lowest BCUT2D eigenvalue weighted by atomic mass is 9.69. The van der Waals surface area contributed by atoms with Gasteiger partial charge in [-0.15, -0.1) is 0 Å². The van der Waals surface area contributed by atoms with E-state index in [4.69, 9.17) is 0 Å². The van der Waals surface area contributed by atoms with Gasteiger partial charge in [-0.1, -0.05) is 46.0 Å². The minimum absolute atomic E-state index is 0.558. The van der Waals surface area contributed by atoms with E-state index < -0.39 is 0 Å². The molecule has 2 rings (SSSR count). The molecule has 1 aliphatic carbocycles. The maximum Gasteiger partial charge on any atom is 0.000587 e. The van der Waals surface area contributed by atoms with Gasteiger partial charge in [-0.05, 0) is 23.8 Å². The monoisotopic (exact) mass is 181 g/mol. The summed E-state index contributed by atoms with van der Waals surface area (Å²) in [7, 11) is 0. The quantitative estimate of drug-likeness (QED) is 0.656. The van der Waals surface area contributed by atoms with Gasteiger partial charge in [0.15, 0.2) is 0 Å². The van der Waals surface area contributed by atoms with E-state index in [0.29, 0.717) is 5.41 Å². The number of hydrogen-bond acceptors (Lipinski definition) is 1. The van der Waals surface area contributed by atoms with Crippen molar-refractivity contribution in [3.8, 4) is 0 Å². The summed E-state index contributed by atoms with van der Waals surface area (Å²) in [6.07, 6.45) is 7.44. The standard InChI is InChI=1S/C12H23N/c1-12(2)9-13-8-11(12)10-6-4-3-5-7-10/h10-11,13H,3-9H2,1-2H3/t11-/m0/s1. The zero-order chi connectivity index (χ0) is 9.31. The van der Waals surface area contributed by atoms with Crippen LogP contribution in [-0.4, -0.2) is 13.1 Å². The molecule has 0 bridgehead atoms. The summed E-state index contributed by atoms with van der Waals surface area (Å²) in [5, 5.41) is 3.56. The smallest absolute Gasteiger partial charge is 0.000587 e. The van der Waals surface area contributed by atoms with Gasteiger partial charge in [0.25, 0.3) is 0 Å². The molecule has 13 heavy (non-hydrogen) atoms. The summed E-state index contributed by atoms with van der Waals surface area (Å²) in [5.41, 5.74) is 0.558. The summed E-state index contributed by atoms with van der Waals surface area (Å²) in [6, 6.07) is 0. The van der Waals surface area contributed by atoms with Crippen molar-refractivity contribution in [3.63, 3.8) is 0 Å². The van der Waals surface area contributed by atoms with E-state index >= 15 is 0 Å². The van der Waals surface area contributed by atoms with Crippen molar-refractivity contribution < 1.29 is 0 Å². The van der Waals surface area contributed by atoms with Gasteiger partial charge < -0.3 is 5.32 Å². The second kappa shape index (κ2) is 3.61. The van der Waals surface area contributed by atoms with Crippen LogP contribution in [0.25, 0.3) is 0 Å². The molecule has 0 radical (unpaired) electrons. The molecule has 76 valence electrons. The topological polar surface area (TPSA) is 12.0 Å². The van der Waals surface area contributed by atoms with E-state index in [1.807, 2.05) is 0 Å². The van der Waals surface area contributed by atoms with Crippen LogP contribution in [0.4, 0.5) is 0 Å². The second-order valence-corrected chi connectivity index (χ2v) is 5.62. The van der Waals surface area contributed by atoms with Gasteiger partial charge >= 0.3 is 0 Å². The Kier molecular flexibility index (Phi) is 2.64. The molecule has 2 aliphatic rings. The molecule has 1 heterocycles. The lowest BCUT2D eigenvalue weighted by Crippen LogP contribution is -2.30. The Morgan fingerprint density at radius 1 is 1.08 bits per heavy atom. The molecule has 0 amide bonds. The summed E-state index contributed by atoms with van der Waals surface area (Å²) in [6.45, 7) is 7.38. The lowest BCUT2D eigenvalue weighted by Gasteiger charge is -2.35. The Balaban J connectivity index is 1.98. The molecule has 1 saturated carbocycles. The molecule has 0 unspecified atom stereocenters.